The summed E-state index contributed by atoms with van der Waals surface area (Å²) >= 11 is 6.85. The van der Waals surface area contributed by atoms with Gasteiger partial charge >= 0.3 is 0 Å². The molecule has 33 heavy (non-hydrogen) atoms. The summed E-state index contributed by atoms with van der Waals surface area (Å²) in [7, 11) is 1.57. The quantitative estimate of drug-likeness (QED) is 0.213. The first-order valence-corrected chi connectivity index (χ1v) is 11.5. The van der Waals surface area contributed by atoms with Crippen LogP contribution in [0.15, 0.2) is 77.7 Å². The number of methoxy groups -OCH3 is 1. The number of carbonyl (C=O) groups is 2. The van der Waals surface area contributed by atoms with Crippen molar-refractivity contribution in [1.82, 2.24) is 0 Å². The number of thioether (sulfide) groups is 1. The zero-order chi connectivity index (χ0) is 23.8. The van der Waals surface area contributed by atoms with Crippen LogP contribution < -0.4 is 20.7 Å². The average molecular weight is 480 g/mol. The van der Waals surface area contributed by atoms with Crippen molar-refractivity contribution in [3.05, 3.63) is 78.4 Å². The van der Waals surface area contributed by atoms with E-state index in [1.165, 1.54) is 18.7 Å². The number of hydrogen-bond acceptors (Lipinski definition) is 5. The minimum atomic E-state index is -0.324. The van der Waals surface area contributed by atoms with E-state index in [2.05, 4.69) is 16.0 Å². The Labute approximate surface area is 203 Å². The van der Waals surface area contributed by atoms with Crippen molar-refractivity contribution >= 4 is 57.8 Å². The van der Waals surface area contributed by atoms with Crippen LogP contribution in [0, 0.1) is 0 Å². The second kappa shape index (κ2) is 11.5. The predicted molar refractivity (Wildman–Crippen MR) is 140 cm³/mol. The Balaban J connectivity index is 1.57. The molecule has 0 saturated carbocycles. The van der Waals surface area contributed by atoms with Gasteiger partial charge in [-0.2, -0.15) is 0 Å². The number of Topliss-reactive ketones (excluding diaryl/α,β-unsaturated/α-hetero) is 1. The highest BCUT2D eigenvalue weighted by Gasteiger charge is 2.16. The summed E-state index contributed by atoms with van der Waals surface area (Å²) in [5.41, 5.74) is 2.87. The van der Waals surface area contributed by atoms with Gasteiger partial charge in [-0.15, -0.1) is 11.8 Å². The minimum Gasteiger partial charge on any atom is -0.495 e. The fraction of sp³-hybridized carbons (Fsp3) is 0.160. The predicted octanol–water partition coefficient (Wildman–Crippen LogP) is 5.83. The van der Waals surface area contributed by atoms with Crippen LogP contribution in [0.5, 0.6) is 5.75 Å². The third kappa shape index (κ3) is 7.06. The van der Waals surface area contributed by atoms with E-state index in [0.717, 1.165) is 16.3 Å². The lowest BCUT2D eigenvalue weighted by Crippen LogP contribution is -2.22. The van der Waals surface area contributed by atoms with Crippen LogP contribution in [0.3, 0.4) is 0 Å². The van der Waals surface area contributed by atoms with Crippen molar-refractivity contribution in [2.24, 2.45) is 0 Å². The van der Waals surface area contributed by atoms with Gasteiger partial charge in [0.1, 0.15) is 5.75 Å². The molecule has 1 amide bonds. The van der Waals surface area contributed by atoms with Crippen LogP contribution in [0.25, 0.3) is 0 Å². The molecule has 6 nitrogen and oxygen atoms in total. The number of thiocarbonyl (C=S) groups is 1. The molecule has 0 saturated heterocycles. The Bertz CT molecular complexity index is 1150. The molecule has 3 aromatic rings. The minimum absolute atomic E-state index is 0.0161. The van der Waals surface area contributed by atoms with Gasteiger partial charge in [0.15, 0.2) is 10.9 Å². The molecule has 0 aliphatic heterocycles. The number of ketones is 1. The van der Waals surface area contributed by atoms with Gasteiger partial charge in [-0.25, -0.2) is 0 Å². The fourth-order valence-corrected chi connectivity index (χ4v) is 4.13. The van der Waals surface area contributed by atoms with Crippen LogP contribution in [-0.4, -0.2) is 29.2 Å². The lowest BCUT2D eigenvalue weighted by molar-refractivity contribution is -0.115. The highest BCUT2D eigenvalue weighted by Crippen LogP contribution is 2.28. The van der Waals surface area contributed by atoms with E-state index in [1.54, 1.807) is 43.5 Å². The molecule has 0 fully saturated rings. The van der Waals surface area contributed by atoms with E-state index in [0.29, 0.717) is 22.1 Å². The molecular weight excluding hydrogens is 454 g/mol. The molecule has 1 unspecified atom stereocenters. The maximum absolute atomic E-state index is 12.7. The van der Waals surface area contributed by atoms with Gasteiger partial charge in [-0.1, -0.05) is 18.2 Å². The summed E-state index contributed by atoms with van der Waals surface area (Å²) in [4.78, 5) is 25.0. The van der Waals surface area contributed by atoms with E-state index in [9.17, 15) is 9.59 Å². The van der Waals surface area contributed by atoms with E-state index < -0.39 is 0 Å². The molecule has 170 valence electrons. The van der Waals surface area contributed by atoms with Gasteiger partial charge in [-0.3, -0.25) is 9.59 Å². The second-order valence-corrected chi connectivity index (χ2v) is 9.01. The van der Waals surface area contributed by atoms with Crippen molar-refractivity contribution < 1.29 is 14.3 Å². The summed E-state index contributed by atoms with van der Waals surface area (Å²) in [6, 6.07) is 22.1. The summed E-state index contributed by atoms with van der Waals surface area (Å²) in [6.07, 6.45) is 0. The zero-order valence-electron chi connectivity index (χ0n) is 18.5. The third-order valence-corrected chi connectivity index (χ3v) is 5.99. The number of ether oxygens (including phenoxy) is 1. The molecule has 0 bridgehead atoms. The molecule has 0 radical (unpaired) electrons. The van der Waals surface area contributed by atoms with Gasteiger partial charge in [0.05, 0.1) is 18.0 Å². The van der Waals surface area contributed by atoms with Crippen LogP contribution in [0.1, 0.15) is 24.2 Å². The molecule has 3 rings (SSSR count). The molecule has 3 N–H and O–H groups in total. The molecule has 1 atom stereocenters. The van der Waals surface area contributed by atoms with E-state index in [1.807, 2.05) is 43.3 Å². The number of benzene rings is 3. The van der Waals surface area contributed by atoms with E-state index in [4.69, 9.17) is 17.0 Å². The van der Waals surface area contributed by atoms with Crippen LogP contribution in [0.2, 0.25) is 0 Å². The Morgan fingerprint density at radius 3 is 2.30 bits per heavy atom. The van der Waals surface area contributed by atoms with Crippen molar-refractivity contribution in [1.29, 1.82) is 0 Å². The van der Waals surface area contributed by atoms with Crippen molar-refractivity contribution in [2.75, 3.05) is 23.1 Å². The third-order valence-electron chi connectivity index (χ3n) is 4.69. The van der Waals surface area contributed by atoms with Gasteiger partial charge < -0.3 is 20.7 Å². The normalized spacial score (nSPS) is 11.2. The van der Waals surface area contributed by atoms with Crippen LogP contribution in [0.4, 0.5) is 17.1 Å². The highest BCUT2D eigenvalue weighted by atomic mass is 32.2. The topological polar surface area (TPSA) is 79.5 Å². The van der Waals surface area contributed by atoms with Crippen LogP contribution in [-0.2, 0) is 4.79 Å². The standard InChI is InChI=1S/C25H25N3O3S2/c1-16(29)18-11-13-19(14-12-18)26-25(32)27-20-7-6-8-21(15-20)33-17(2)24(30)28-22-9-4-5-10-23(22)31-3/h4-15,17H,1-3H3,(H,28,30)(H2,26,27,32). The van der Waals surface area contributed by atoms with Crippen molar-refractivity contribution in [2.45, 2.75) is 24.0 Å². The van der Waals surface area contributed by atoms with Crippen LogP contribution >= 0.6 is 24.0 Å². The Morgan fingerprint density at radius 2 is 1.61 bits per heavy atom. The summed E-state index contributed by atoms with van der Waals surface area (Å²) < 4.78 is 5.29. The second-order valence-electron chi connectivity index (χ2n) is 7.19. The lowest BCUT2D eigenvalue weighted by atomic mass is 10.1. The average Bonchev–Trinajstić information content (AvgIpc) is 2.80. The van der Waals surface area contributed by atoms with Crippen molar-refractivity contribution in [3.63, 3.8) is 0 Å². The number of rotatable bonds is 8. The first-order valence-electron chi connectivity index (χ1n) is 10.3. The maximum atomic E-state index is 12.7. The molecule has 0 heterocycles. The number of nitrogens with one attached hydrogen (secondary N) is 3. The van der Waals surface area contributed by atoms with E-state index >= 15 is 0 Å². The molecular formula is C25H25N3O3S2. The molecule has 0 spiro atoms. The molecule has 0 aliphatic carbocycles. The monoisotopic (exact) mass is 479 g/mol. The Kier molecular flexibility index (Phi) is 8.46. The molecule has 0 aromatic heterocycles. The number of carbonyl (C=O) groups excluding carboxylic acids is 2. The van der Waals surface area contributed by atoms with Gasteiger partial charge in [0.2, 0.25) is 5.91 Å². The number of anilines is 3. The lowest BCUT2D eigenvalue weighted by Gasteiger charge is -2.15. The largest absolute Gasteiger partial charge is 0.495 e. The summed E-state index contributed by atoms with van der Waals surface area (Å²) in [5.74, 6) is 0.516. The zero-order valence-corrected chi connectivity index (χ0v) is 20.2. The van der Waals surface area contributed by atoms with E-state index in [-0.39, 0.29) is 16.9 Å². The number of hydrogen-bond donors (Lipinski definition) is 3. The summed E-state index contributed by atoms with van der Waals surface area (Å²) in [5, 5.41) is 9.26. The SMILES string of the molecule is COc1ccccc1NC(=O)C(C)Sc1cccc(NC(=S)Nc2ccc(C(C)=O)cc2)c1. The van der Waals surface area contributed by atoms with Gasteiger partial charge in [-0.05, 0) is 80.7 Å². The molecule has 3 aromatic carbocycles. The molecule has 0 aliphatic rings. The Morgan fingerprint density at radius 1 is 0.909 bits per heavy atom. The number of para-hydroxylation sites is 2. The smallest absolute Gasteiger partial charge is 0.237 e. The van der Waals surface area contributed by atoms with Gasteiger partial charge in [0, 0.05) is 21.8 Å². The highest BCUT2D eigenvalue weighted by molar-refractivity contribution is 8.00. The maximum Gasteiger partial charge on any atom is 0.237 e. The Hall–Kier alpha value is -3.36. The van der Waals surface area contributed by atoms with Crippen molar-refractivity contribution in [3.8, 4) is 5.75 Å². The molecule has 8 heteroatoms. The fourth-order valence-electron chi connectivity index (χ4n) is 2.97. The number of amides is 1. The first kappa shape index (κ1) is 24.3. The first-order chi connectivity index (χ1) is 15.9. The van der Waals surface area contributed by atoms with Gasteiger partial charge in [0.25, 0.3) is 0 Å². The summed E-state index contributed by atoms with van der Waals surface area (Å²) in [6.45, 7) is 3.38.